The molecule has 0 fully saturated rings. The quantitative estimate of drug-likeness (QED) is 0.611. The second-order valence-electron chi connectivity index (χ2n) is 9.77. The van der Waals surface area contributed by atoms with E-state index < -0.39 is 6.04 Å². The van der Waals surface area contributed by atoms with E-state index in [2.05, 4.69) is 64.2 Å². The lowest BCUT2D eigenvalue weighted by Gasteiger charge is -2.29. The third-order valence-electron chi connectivity index (χ3n) is 5.50. The van der Waals surface area contributed by atoms with Crippen LogP contribution in [0.5, 0.6) is 0 Å². The monoisotopic (exact) mass is 422 g/mol. The van der Waals surface area contributed by atoms with Crippen LogP contribution >= 0.6 is 0 Å². The van der Waals surface area contributed by atoms with Gasteiger partial charge >= 0.3 is 0 Å². The smallest absolute Gasteiger partial charge is 0.242 e. The van der Waals surface area contributed by atoms with Gasteiger partial charge in [-0.25, -0.2) is 0 Å². The van der Waals surface area contributed by atoms with Crippen LogP contribution in [0.2, 0.25) is 0 Å². The molecule has 0 heterocycles. The van der Waals surface area contributed by atoms with Crippen molar-refractivity contribution in [1.82, 2.24) is 10.2 Å². The van der Waals surface area contributed by atoms with Crippen molar-refractivity contribution < 1.29 is 9.59 Å². The van der Waals surface area contributed by atoms with E-state index in [1.807, 2.05) is 37.3 Å². The molecular formula is C27H38N2O2. The zero-order chi connectivity index (χ0) is 23.0. The summed E-state index contributed by atoms with van der Waals surface area (Å²) in [6.45, 7) is 13.5. The molecule has 2 amide bonds. The molecular weight excluding hydrogens is 384 g/mol. The van der Waals surface area contributed by atoms with E-state index in [9.17, 15) is 9.59 Å². The number of nitrogens with zero attached hydrogens (tertiary/aromatic N) is 1. The molecule has 31 heavy (non-hydrogen) atoms. The Morgan fingerprint density at radius 1 is 0.903 bits per heavy atom. The van der Waals surface area contributed by atoms with Gasteiger partial charge in [0.15, 0.2) is 0 Å². The zero-order valence-electron chi connectivity index (χ0n) is 19.9. The Labute approximate surface area is 188 Å². The fraction of sp³-hybridized carbons (Fsp3) is 0.481. The van der Waals surface area contributed by atoms with Gasteiger partial charge in [-0.05, 0) is 41.4 Å². The third-order valence-corrected chi connectivity index (χ3v) is 5.50. The number of hydrogen-bond donors (Lipinski definition) is 1. The van der Waals surface area contributed by atoms with Crippen molar-refractivity contribution in [1.29, 1.82) is 0 Å². The summed E-state index contributed by atoms with van der Waals surface area (Å²) in [6, 6.07) is 17.8. The van der Waals surface area contributed by atoms with Crippen molar-refractivity contribution in [2.75, 3.05) is 6.54 Å². The van der Waals surface area contributed by atoms with Crippen LogP contribution in [0.3, 0.4) is 0 Å². The molecule has 1 N–H and O–H groups in total. The lowest BCUT2D eigenvalue weighted by atomic mass is 9.86. The van der Waals surface area contributed by atoms with E-state index in [1.54, 1.807) is 4.90 Å². The largest absolute Gasteiger partial charge is 0.354 e. The summed E-state index contributed by atoms with van der Waals surface area (Å²) >= 11 is 0. The summed E-state index contributed by atoms with van der Waals surface area (Å²) in [6.07, 6.45) is 1.04. The number of rotatable bonds is 9. The number of carbonyl (C=O) groups is 2. The van der Waals surface area contributed by atoms with Crippen LogP contribution in [0.15, 0.2) is 54.6 Å². The number of nitrogens with one attached hydrogen (secondary N) is 1. The van der Waals surface area contributed by atoms with Crippen LogP contribution in [-0.2, 0) is 28.0 Å². The second kappa shape index (κ2) is 11.1. The maximum Gasteiger partial charge on any atom is 0.242 e. The summed E-state index contributed by atoms with van der Waals surface area (Å²) in [5, 5.41) is 2.96. The van der Waals surface area contributed by atoms with Crippen molar-refractivity contribution >= 4 is 11.8 Å². The minimum atomic E-state index is -0.519. The van der Waals surface area contributed by atoms with Gasteiger partial charge in [0, 0.05) is 19.5 Å². The highest BCUT2D eigenvalue weighted by Gasteiger charge is 2.26. The maximum absolute atomic E-state index is 13.2. The van der Waals surface area contributed by atoms with Gasteiger partial charge in [0.25, 0.3) is 0 Å². The Bertz CT molecular complexity index is 836. The van der Waals surface area contributed by atoms with Crippen LogP contribution in [0.1, 0.15) is 64.7 Å². The Balaban J connectivity index is 2.09. The topological polar surface area (TPSA) is 49.4 Å². The molecule has 4 heteroatoms. The number of amides is 2. The first-order valence-corrected chi connectivity index (χ1v) is 11.3. The SMILES string of the molecule is CC(C)CNC(=O)[C@H](C)N(Cc1ccccc1)C(=O)CCc1ccc(C(C)(C)C)cc1. The van der Waals surface area contributed by atoms with Crippen molar-refractivity contribution in [2.24, 2.45) is 5.92 Å². The highest BCUT2D eigenvalue weighted by molar-refractivity contribution is 5.87. The van der Waals surface area contributed by atoms with Crippen LogP contribution in [0.4, 0.5) is 0 Å². The average molecular weight is 423 g/mol. The predicted octanol–water partition coefficient (Wildman–Crippen LogP) is 5.11. The Kier molecular flexibility index (Phi) is 8.85. The summed E-state index contributed by atoms with van der Waals surface area (Å²) in [5.41, 5.74) is 3.55. The highest BCUT2D eigenvalue weighted by Crippen LogP contribution is 2.22. The summed E-state index contributed by atoms with van der Waals surface area (Å²) < 4.78 is 0. The van der Waals surface area contributed by atoms with Gasteiger partial charge in [-0.1, -0.05) is 89.2 Å². The van der Waals surface area contributed by atoms with Gasteiger partial charge in [-0.2, -0.15) is 0 Å². The molecule has 0 aliphatic rings. The molecule has 0 saturated heterocycles. The van der Waals surface area contributed by atoms with E-state index >= 15 is 0 Å². The summed E-state index contributed by atoms with van der Waals surface area (Å²) in [4.78, 5) is 27.6. The molecule has 1 atom stereocenters. The molecule has 2 aromatic rings. The maximum atomic E-state index is 13.2. The molecule has 0 aromatic heterocycles. The van der Waals surface area contributed by atoms with Crippen LogP contribution < -0.4 is 5.32 Å². The molecule has 0 saturated carbocycles. The third kappa shape index (κ3) is 7.86. The molecule has 0 aliphatic carbocycles. The lowest BCUT2D eigenvalue weighted by Crippen LogP contribution is -2.48. The minimum absolute atomic E-state index is 0.00375. The van der Waals surface area contributed by atoms with Crippen LogP contribution in [-0.4, -0.2) is 29.3 Å². The number of aryl methyl sites for hydroxylation is 1. The molecule has 168 valence electrons. The van der Waals surface area contributed by atoms with Crippen LogP contribution in [0, 0.1) is 5.92 Å². The van der Waals surface area contributed by atoms with Gasteiger partial charge in [-0.3, -0.25) is 9.59 Å². The van der Waals surface area contributed by atoms with Gasteiger partial charge in [0.1, 0.15) is 6.04 Å². The van der Waals surface area contributed by atoms with E-state index in [-0.39, 0.29) is 17.2 Å². The van der Waals surface area contributed by atoms with Crippen molar-refractivity contribution in [3.8, 4) is 0 Å². The van der Waals surface area contributed by atoms with Gasteiger partial charge < -0.3 is 10.2 Å². The Morgan fingerprint density at radius 3 is 2.06 bits per heavy atom. The number of hydrogen-bond acceptors (Lipinski definition) is 2. The standard InChI is InChI=1S/C27H38N2O2/c1-20(2)18-28-26(31)21(3)29(19-23-10-8-7-9-11-23)25(30)17-14-22-12-15-24(16-13-22)27(4,5)6/h7-13,15-16,20-21H,14,17-19H2,1-6H3,(H,28,31)/t21-/m0/s1. The van der Waals surface area contributed by atoms with Crippen molar-refractivity contribution in [3.05, 3.63) is 71.3 Å². The molecule has 0 radical (unpaired) electrons. The second-order valence-corrected chi connectivity index (χ2v) is 9.77. The van der Waals surface area contributed by atoms with Crippen LogP contribution in [0.25, 0.3) is 0 Å². The van der Waals surface area contributed by atoms with Gasteiger partial charge in [-0.15, -0.1) is 0 Å². The lowest BCUT2D eigenvalue weighted by molar-refractivity contribution is -0.140. The van der Waals surface area contributed by atoms with E-state index in [1.165, 1.54) is 5.56 Å². The van der Waals surface area contributed by atoms with Gasteiger partial charge in [0.05, 0.1) is 0 Å². The normalized spacial score (nSPS) is 12.5. The van der Waals surface area contributed by atoms with E-state index in [0.717, 1.165) is 11.1 Å². The Morgan fingerprint density at radius 2 is 1.52 bits per heavy atom. The fourth-order valence-electron chi connectivity index (χ4n) is 3.38. The van der Waals surface area contributed by atoms with Crippen molar-refractivity contribution in [3.63, 3.8) is 0 Å². The summed E-state index contributed by atoms with van der Waals surface area (Å²) in [5.74, 6) is 0.258. The van der Waals surface area contributed by atoms with Crippen molar-refractivity contribution in [2.45, 2.75) is 72.4 Å². The molecule has 0 spiro atoms. The fourth-order valence-corrected chi connectivity index (χ4v) is 3.38. The predicted molar refractivity (Wildman–Crippen MR) is 128 cm³/mol. The zero-order valence-corrected chi connectivity index (χ0v) is 19.9. The molecule has 2 rings (SSSR count). The number of benzene rings is 2. The first-order chi connectivity index (χ1) is 14.6. The first kappa shape index (κ1) is 24.6. The molecule has 4 nitrogen and oxygen atoms in total. The van der Waals surface area contributed by atoms with E-state index in [0.29, 0.717) is 31.8 Å². The average Bonchev–Trinajstić information content (AvgIpc) is 2.74. The highest BCUT2D eigenvalue weighted by atomic mass is 16.2. The molecule has 2 aromatic carbocycles. The molecule has 0 unspecified atom stereocenters. The van der Waals surface area contributed by atoms with E-state index in [4.69, 9.17) is 0 Å². The van der Waals surface area contributed by atoms with Gasteiger partial charge in [0.2, 0.25) is 11.8 Å². The summed E-state index contributed by atoms with van der Waals surface area (Å²) in [7, 11) is 0. The number of carbonyl (C=O) groups excluding carboxylic acids is 2. The minimum Gasteiger partial charge on any atom is -0.354 e. The molecule has 0 bridgehead atoms. The Hall–Kier alpha value is -2.62. The first-order valence-electron chi connectivity index (χ1n) is 11.3. The molecule has 0 aliphatic heterocycles.